The molecule has 148 valence electrons. The van der Waals surface area contributed by atoms with Gasteiger partial charge in [-0.3, -0.25) is 4.79 Å². The van der Waals surface area contributed by atoms with Crippen LogP contribution in [0, 0.1) is 29.6 Å². The highest BCUT2D eigenvalue weighted by molar-refractivity contribution is 6.10. The molecule has 0 heterocycles. The SMILES string of the molecule is CCOc1cc(/C=C(\C#N)C(=O)Nc2cc(C)ccc2OC)ccc1OCC#N. The summed E-state index contributed by atoms with van der Waals surface area (Å²) in [7, 11) is 1.51. The van der Waals surface area contributed by atoms with Crippen LogP contribution in [0.2, 0.25) is 0 Å². The van der Waals surface area contributed by atoms with Gasteiger partial charge in [0.05, 0.1) is 19.4 Å². The maximum Gasteiger partial charge on any atom is 0.266 e. The quantitative estimate of drug-likeness (QED) is 0.541. The maximum atomic E-state index is 12.6. The number of hydrogen-bond acceptors (Lipinski definition) is 6. The van der Waals surface area contributed by atoms with Crippen molar-refractivity contribution in [1.29, 1.82) is 10.5 Å². The number of nitriles is 2. The second kappa shape index (κ2) is 10.4. The Labute approximate surface area is 169 Å². The minimum Gasteiger partial charge on any atom is -0.495 e. The van der Waals surface area contributed by atoms with Crippen molar-refractivity contribution < 1.29 is 19.0 Å². The molecule has 0 spiro atoms. The summed E-state index contributed by atoms with van der Waals surface area (Å²) in [5.41, 5.74) is 1.93. The van der Waals surface area contributed by atoms with Gasteiger partial charge in [0.2, 0.25) is 0 Å². The van der Waals surface area contributed by atoms with Crippen LogP contribution >= 0.6 is 0 Å². The molecule has 0 aliphatic rings. The molecule has 0 aliphatic heterocycles. The number of amides is 1. The van der Waals surface area contributed by atoms with Crippen LogP contribution in [0.1, 0.15) is 18.1 Å². The summed E-state index contributed by atoms with van der Waals surface area (Å²) in [5, 5.41) is 20.8. The van der Waals surface area contributed by atoms with E-state index in [1.54, 1.807) is 30.3 Å². The maximum absolute atomic E-state index is 12.6. The first-order chi connectivity index (χ1) is 14.0. The highest BCUT2D eigenvalue weighted by Crippen LogP contribution is 2.30. The van der Waals surface area contributed by atoms with Gasteiger partial charge in [-0.05, 0) is 55.3 Å². The second-order valence-corrected chi connectivity index (χ2v) is 5.91. The number of benzene rings is 2. The Bertz CT molecular complexity index is 1000. The zero-order valence-electron chi connectivity index (χ0n) is 16.5. The number of ether oxygens (including phenoxy) is 3. The monoisotopic (exact) mass is 391 g/mol. The van der Waals surface area contributed by atoms with E-state index < -0.39 is 5.91 Å². The third-order valence-corrected chi connectivity index (χ3v) is 3.84. The molecule has 0 aromatic heterocycles. The predicted octanol–water partition coefficient (Wildman–Crippen LogP) is 3.85. The Kier molecular flexibility index (Phi) is 7.64. The Morgan fingerprint density at radius 3 is 2.52 bits per heavy atom. The Balaban J connectivity index is 2.30. The molecule has 0 radical (unpaired) electrons. The summed E-state index contributed by atoms with van der Waals surface area (Å²) < 4.78 is 16.1. The van der Waals surface area contributed by atoms with Gasteiger partial charge in [-0.25, -0.2) is 0 Å². The topological polar surface area (TPSA) is 104 Å². The highest BCUT2D eigenvalue weighted by Gasteiger charge is 2.14. The van der Waals surface area contributed by atoms with Gasteiger partial charge >= 0.3 is 0 Å². The van der Waals surface area contributed by atoms with Crippen LogP contribution in [0.5, 0.6) is 17.2 Å². The van der Waals surface area contributed by atoms with E-state index in [0.29, 0.717) is 35.1 Å². The van der Waals surface area contributed by atoms with Gasteiger partial charge in [0.15, 0.2) is 18.1 Å². The summed E-state index contributed by atoms with van der Waals surface area (Å²) in [6, 6.07) is 14.1. The number of nitrogens with one attached hydrogen (secondary N) is 1. The number of rotatable bonds is 8. The molecule has 0 saturated heterocycles. The van der Waals surface area contributed by atoms with Gasteiger partial charge in [-0.15, -0.1) is 0 Å². The van der Waals surface area contributed by atoms with Crippen LogP contribution in [-0.2, 0) is 4.79 Å². The number of nitrogens with zero attached hydrogens (tertiary/aromatic N) is 2. The van der Waals surface area contributed by atoms with Crippen molar-refractivity contribution >= 4 is 17.7 Å². The van der Waals surface area contributed by atoms with Crippen molar-refractivity contribution in [2.24, 2.45) is 0 Å². The van der Waals surface area contributed by atoms with Crippen molar-refractivity contribution in [2.75, 3.05) is 25.6 Å². The van der Waals surface area contributed by atoms with Crippen molar-refractivity contribution in [2.45, 2.75) is 13.8 Å². The molecule has 1 N–H and O–H groups in total. The third kappa shape index (κ3) is 5.75. The van der Waals surface area contributed by atoms with Gasteiger partial charge in [-0.1, -0.05) is 12.1 Å². The average molecular weight is 391 g/mol. The van der Waals surface area contributed by atoms with E-state index in [4.69, 9.17) is 19.5 Å². The van der Waals surface area contributed by atoms with E-state index in [2.05, 4.69) is 5.32 Å². The van der Waals surface area contributed by atoms with E-state index in [1.807, 2.05) is 32.1 Å². The molecule has 1 amide bonds. The van der Waals surface area contributed by atoms with Gasteiger partial charge < -0.3 is 19.5 Å². The summed E-state index contributed by atoms with van der Waals surface area (Å²) in [5.74, 6) is 0.783. The number of methoxy groups -OCH3 is 1. The molecule has 2 aromatic carbocycles. The number of carbonyl (C=O) groups excluding carboxylic acids is 1. The van der Waals surface area contributed by atoms with Crippen LogP contribution in [-0.4, -0.2) is 26.2 Å². The standard InChI is InChI=1S/C22H21N3O4/c1-4-28-21-13-16(6-8-20(21)29-10-9-23)12-17(14-24)22(26)25-18-11-15(2)5-7-19(18)27-3/h5-8,11-13H,4,10H2,1-3H3,(H,25,26)/b17-12+. The van der Waals surface area contributed by atoms with Crippen molar-refractivity contribution in [3.05, 3.63) is 53.1 Å². The third-order valence-electron chi connectivity index (χ3n) is 3.84. The zero-order valence-corrected chi connectivity index (χ0v) is 16.5. The van der Waals surface area contributed by atoms with Crippen LogP contribution < -0.4 is 19.5 Å². The number of anilines is 1. The lowest BCUT2D eigenvalue weighted by Crippen LogP contribution is -2.14. The molecule has 0 fully saturated rings. The number of carbonyl (C=O) groups is 1. The molecule has 7 nitrogen and oxygen atoms in total. The smallest absolute Gasteiger partial charge is 0.266 e. The molecule has 0 aliphatic carbocycles. The summed E-state index contributed by atoms with van der Waals surface area (Å²) >= 11 is 0. The fourth-order valence-electron chi connectivity index (χ4n) is 2.54. The van der Waals surface area contributed by atoms with E-state index in [0.717, 1.165) is 5.56 Å². The fraction of sp³-hybridized carbons (Fsp3) is 0.227. The van der Waals surface area contributed by atoms with Crippen molar-refractivity contribution in [3.63, 3.8) is 0 Å². The molecule has 0 atom stereocenters. The minimum absolute atomic E-state index is 0.0818. The first-order valence-corrected chi connectivity index (χ1v) is 8.86. The first kappa shape index (κ1) is 21.3. The lowest BCUT2D eigenvalue weighted by molar-refractivity contribution is -0.112. The molecule has 0 bridgehead atoms. The van der Waals surface area contributed by atoms with E-state index in [9.17, 15) is 10.1 Å². The van der Waals surface area contributed by atoms with Crippen LogP contribution in [0.25, 0.3) is 6.08 Å². The largest absolute Gasteiger partial charge is 0.495 e. The predicted molar refractivity (Wildman–Crippen MR) is 109 cm³/mol. The van der Waals surface area contributed by atoms with Crippen molar-refractivity contribution in [3.8, 4) is 29.4 Å². The van der Waals surface area contributed by atoms with E-state index in [-0.39, 0.29) is 12.2 Å². The van der Waals surface area contributed by atoms with Crippen LogP contribution in [0.4, 0.5) is 5.69 Å². The number of aryl methyl sites for hydroxylation is 1. The normalized spacial score (nSPS) is 10.4. The fourth-order valence-corrected chi connectivity index (χ4v) is 2.54. The van der Waals surface area contributed by atoms with Gasteiger partial charge in [0.1, 0.15) is 23.5 Å². The summed E-state index contributed by atoms with van der Waals surface area (Å²) in [4.78, 5) is 12.6. The Morgan fingerprint density at radius 1 is 1.10 bits per heavy atom. The second-order valence-electron chi connectivity index (χ2n) is 5.91. The van der Waals surface area contributed by atoms with Gasteiger partial charge in [-0.2, -0.15) is 10.5 Å². The van der Waals surface area contributed by atoms with Crippen LogP contribution in [0.3, 0.4) is 0 Å². The van der Waals surface area contributed by atoms with Crippen LogP contribution in [0.15, 0.2) is 42.0 Å². The zero-order chi connectivity index (χ0) is 21.2. The minimum atomic E-state index is -0.556. The number of hydrogen-bond donors (Lipinski definition) is 1. The van der Waals surface area contributed by atoms with Gasteiger partial charge in [0, 0.05) is 0 Å². The highest BCUT2D eigenvalue weighted by atomic mass is 16.5. The van der Waals surface area contributed by atoms with Gasteiger partial charge in [0.25, 0.3) is 5.91 Å². The summed E-state index contributed by atoms with van der Waals surface area (Å²) in [6.45, 7) is 4.00. The molecular weight excluding hydrogens is 370 g/mol. The van der Waals surface area contributed by atoms with Crippen molar-refractivity contribution in [1.82, 2.24) is 0 Å². The molecule has 2 rings (SSSR count). The first-order valence-electron chi connectivity index (χ1n) is 8.86. The molecule has 7 heteroatoms. The molecular formula is C22H21N3O4. The Morgan fingerprint density at radius 2 is 1.86 bits per heavy atom. The molecule has 0 unspecified atom stereocenters. The molecule has 29 heavy (non-hydrogen) atoms. The van der Waals surface area contributed by atoms with E-state index in [1.165, 1.54) is 13.2 Å². The molecule has 2 aromatic rings. The molecule has 0 saturated carbocycles. The van der Waals surface area contributed by atoms with E-state index >= 15 is 0 Å². The lowest BCUT2D eigenvalue weighted by atomic mass is 10.1. The average Bonchev–Trinajstić information content (AvgIpc) is 2.71. The summed E-state index contributed by atoms with van der Waals surface area (Å²) in [6.07, 6.45) is 1.45. The Hall–Kier alpha value is -3.97. The lowest BCUT2D eigenvalue weighted by Gasteiger charge is -2.12.